The first-order chi connectivity index (χ1) is 11.6. The Kier molecular flexibility index (Phi) is 6.37. The Balaban J connectivity index is 1.89. The molecule has 0 aromatic heterocycles. The van der Waals surface area contributed by atoms with Gasteiger partial charge in [-0.3, -0.25) is 4.79 Å². The fourth-order valence-electron chi connectivity index (χ4n) is 2.18. The molecule has 0 aliphatic heterocycles. The van der Waals surface area contributed by atoms with Crippen molar-refractivity contribution >= 4 is 17.6 Å². The lowest BCUT2D eigenvalue weighted by Crippen LogP contribution is -2.20. The van der Waals surface area contributed by atoms with Crippen LogP contribution in [0.3, 0.4) is 0 Å². The van der Waals surface area contributed by atoms with Crippen molar-refractivity contribution in [3.8, 4) is 5.75 Å². The lowest BCUT2D eigenvalue weighted by Gasteiger charge is -2.10. The first kappa shape index (κ1) is 17.5. The molecular formula is C19H21NO4. The van der Waals surface area contributed by atoms with Crippen LogP contribution in [0.15, 0.2) is 48.5 Å². The minimum atomic E-state index is -0.380. The standard InChI is InChI=1S/C19H21NO4/c1-3-14-7-5-6-8-17(14)24-13-18(21)20-16-11-9-15(10-12-16)19(22)23-4-2/h5-12H,3-4,13H2,1-2H3,(H,20,21). The van der Waals surface area contributed by atoms with Gasteiger partial charge in [-0.2, -0.15) is 0 Å². The van der Waals surface area contributed by atoms with Crippen LogP contribution in [0.5, 0.6) is 5.75 Å². The molecule has 0 aliphatic carbocycles. The van der Waals surface area contributed by atoms with E-state index in [1.54, 1.807) is 31.2 Å². The highest BCUT2D eigenvalue weighted by atomic mass is 16.5. The zero-order valence-electron chi connectivity index (χ0n) is 13.9. The number of carbonyl (C=O) groups excluding carboxylic acids is 2. The molecule has 0 aliphatic rings. The summed E-state index contributed by atoms with van der Waals surface area (Å²) in [5.41, 5.74) is 2.10. The average molecular weight is 327 g/mol. The van der Waals surface area contributed by atoms with Crippen LogP contribution in [0.4, 0.5) is 5.69 Å². The van der Waals surface area contributed by atoms with E-state index < -0.39 is 0 Å². The minimum absolute atomic E-state index is 0.0728. The van der Waals surface area contributed by atoms with Gasteiger partial charge in [0.1, 0.15) is 5.75 Å². The first-order valence-corrected chi connectivity index (χ1v) is 7.91. The summed E-state index contributed by atoms with van der Waals surface area (Å²) in [5, 5.41) is 2.73. The number of anilines is 1. The van der Waals surface area contributed by atoms with Crippen LogP contribution < -0.4 is 10.1 Å². The molecule has 1 amide bonds. The molecule has 24 heavy (non-hydrogen) atoms. The van der Waals surface area contributed by atoms with Crippen molar-refractivity contribution in [1.29, 1.82) is 0 Å². The summed E-state index contributed by atoms with van der Waals surface area (Å²) in [6, 6.07) is 14.2. The third-order valence-electron chi connectivity index (χ3n) is 3.39. The molecule has 0 spiro atoms. The number of esters is 1. The maximum Gasteiger partial charge on any atom is 0.338 e. The van der Waals surface area contributed by atoms with E-state index in [1.165, 1.54) is 0 Å². The van der Waals surface area contributed by atoms with E-state index in [1.807, 2.05) is 31.2 Å². The van der Waals surface area contributed by atoms with Gasteiger partial charge >= 0.3 is 5.97 Å². The highest BCUT2D eigenvalue weighted by Gasteiger charge is 2.08. The third kappa shape index (κ3) is 4.84. The van der Waals surface area contributed by atoms with Gasteiger partial charge in [0, 0.05) is 5.69 Å². The number of ether oxygens (including phenoxy) is 2. The Labute approximate surface area is 141 Å². The Morgan fingerprint density at radius 3 is 2.38 bits per heavy atom. The molecule has 5 nitrogen and oxygen atoms in total. The quantitative estimate of drug-likeness (QED) is 0.791. The van der Waals surface area contributed by atoms with Gasteiger partial charge in [-0.25, -0.2) is 4.79 Å². The van der Waals surface area contributed by atoms with Crippen LogP contribution in [-0.4, -0.2) is 25.1 Å². The number of carbonyl (C=O) groups is 2. The maximum atomic E-state index is 12.0. The van der Waals surface area contributed by atoms with Gasteiger partial charge in [-0.15, -0.1) is 0 Å². The Morgan fingerprint density at radius 2 is 1.71 bits per heavy atom. The number of para-hydroxylation sites is 1. The van der Waals surface area contributed by atoms with E-state index in [9.17, 15) is 9.59 Å². The maximum absolute atomic E-state index is 12.0. The fourth-order valence-corrected chi connectivity index (χ4v) is 2.18. The van der Waals surface area contributed by atoms with Crippen molar-refractivity contribution in [3.63, 3.8) is 0 Å². The molecule has 5 heteroatoms. The zero-order valence-corrected chi connectivity index (χ0v) is 13.9. The summed E-state index contributed by atoms with van der Waals surface area (Å²) >= 11 is 0. The monoisotopic (exact) mass is 327 g/mol. The van der Waals surface area contributed by atoms with Gasteiger partial charge in [0.25, 0.3) is 5.91 Å². The molecule has 2 aromatic carbocycles. The van der Waals surface area contributed by atoms with E-state index in [4.69, 9.17) is 9.47 Å². The molecule has 0 saturated carbocycles. The molecule has 0 fully saturated rings. The molecule has 0 unspecified atom stereocenters. The molecule has 0 radical (unpaired) electrons. The van der Waals surface area contributed by atoms with Crippen LogP contribution in [0.2, 0.25) is 0 Å². The number of hydrogen-bond acceptors (Lipinski definition) is 4. The first-order valence-electron chi connectivity index (χ1n) is 7.91. The summed E-state index contributed by atoms with van der Waals surface area (Å²) in [6.07, 6.45) is 0.840. The number of rotatable bonds is 7. The van der Waals surface area contributed by atoms with Crippen LogP contribution in [-0.2, 0) is 16.0 Å². The molecule has 0 atom stereocenters. The normalized spacial score (nSPS) is 10.1. The third-order valence-corrected chi connectivity index (χ3v) is 3.39. The summed E-state index contributed by atoms with van der Waals surface area (Å²) in [6.45, 7) is 4.04. The second kappa shape index (κ2) is 8.72. The van der Waals surface area contributed by atoms with Crippen molar-refractivity contribution in [2.75, 3.05) is 18.5 Å². The van der Waals surface area contributed by atoms with Gasteiger partial charge < -0.3 is 14.8 Å². The molecule has 0 bridgehead atoms. The van der Waals surface area contributed by atoms with Crippen molar-refractivity contribution in [1.82, 2.24) is 0 Å². The molecule has 2 rings (SSSR count). The van der Waals surface area contributed by atoms with E-state index in [0.717, 1.165) is 12.0 Å². The van der Waals surface area contributed by atoms with Crippen LogP contribution >= 0.6 is 0 Å². The lowest BCUT2D eigenvalue weighted by atomic mass is 10.1. The second-order valence-electron chi connectivity index (χ2n) is 5.10. The SMILES string of the molecule is CCOC(=O)c1ccc(NC(=O)COc2ccccc2CC)cc1. The number of aryl methyl sites for hydroxylation is 1. The predicted molar refractivity (Wildman–Crippen MR) is 92.3 cm³/mol. The van der Waals surface area contributed by atoms with Gasteiger partial charge in [-0.1, -0.05) is 25.1 Å². The number of nitrogens with one attached hydrogen (secondary N) is 1. The molecular weight excluding hydrogens is 306 g/mol. The zero-order chi connectivity index (χ0) is 17.4. The largest absolute Gasteiger partial charge is 0.483 e. The average Bonchev–Trinajstić information content (AvgIpc) is 2.61. The number of amides is 1. The summed E-state index contributed by atoms with van der Waals surface area (Å²) < 4.78 is 10.5. The molecule has 2 aromatic rings. The van der Waals surface area contributed by atoms with Gasteiger partial charge in [0.15, 0.2) is 6.61 Å². The summed E-state index contributed by atoms with van der Waals surface area (Å²) in [5.74, 6) is 0.0764. The van der Waals surface area contributed by atoms with Crippen molar-refractivity contribution < 1.29 is 19.1 Å². The predicted octanol–water partition coefficient (Wildman–Crippen LogP) is 3.44. The van der Waals surface area contributed by atoms with Crippen LogP contribution in [0.1, 0.15) is 29.8 Å². The van der Waals surface area contributed by atoms with Crippen LogP contribution in [0.25, 0.3) is 0 Å². The summed E-state index contributed by atoms with van der Waals surface area (Å²) in [7, 11) is 0. The Bertz CT molecular complexity index is 695. The highest BCUT2D eigenvalue weighted by molar-refractivity contribution is 5.93. The van der Waals surface area contributed by atoms with E-state index in [2.05, 4.69) is 5.32 Å². The number of hydrogen-bond donors (Lipinski definition) is 1. The van der Waals surface area contributed by atoms with Crippen molar-refractivity contribution in [3.05, 3.63) is 59.7 Å². The Hall–Kier alpha value is -2.82. The van der Waals surface area contributed by atoms with E-state index in [-0.39, 0.29) is 18.5 Å². The molecule has 1 N–H and O–H groups in total. The van der Waals surface area contributed by atoms with E-state index >= 15 is 0 Å². The van der Waals surface area contributed by atoms with Crippen molar-refractivity contribution in [2.45, 2.75) is 20.3 Å². The molecule has 0 heterocycles. The van der Waals surface area contributed by atoms with Crippen molar-refractivity contribution in [2.24, 2.45) is 0 Å². The smallest absolute Gasteiger partial charge is 0.338 e. The van der Waals surface area contributed by atoms with Gasteiger partial charge in [0.05, 0.1) is 12.2 Å². The minimum Gasteiger partial charge on any atom is -0.483 e. The highest BCUT2D eigenvalue weighted by Crippen LogP contribution is 2.18. The molecule has 0 saturated heterocycles. The number of benzene rings is 2. The van der Waals surface area contributed by atoms with Crippen LogP contribution in [0, 0.1) is 0 Å². The Morgan fingerprint density at radius 1 is 1.00 bits per heavy atom. The lowest BCUT2D eigenvalue weighted by molar-refractivity contribution is -0.118. The fraction of sp³-hybridized carbons (Fsp3) is 0.263. The van der Waals surface area contributed by atoms with Gasteiger partial charge in [0.2, 0.25) is 0 Å². The topological polar surface area (TPSA) is 64.6 Å². The second-order valence-corrected chi connectivity index (χ2v) is 5.10. The van der Waals surface area contributed by atoms with E-state index in [0.29, 0.717) is 23.6 Å². The summed E-state index contributed by atoms with van der Waals surface area (Å²) in [4.78, 5) is 23.5. The van der Waals surface area contributed by atoms with Gasteiger partial charge in [-0.05, 0) is 49.2 Å². The molecule has 126 valence electrons.